The molecule has 7 saturated heterocycles. The Morgan fingerprint density at radius 3 is 1.60 bits per heavy atom. The Bertz CT molecular complexity index is 3030. The van der Waals surface area contributed by atoms with Crippen LogP contribution >= 0.6 is 0 Å². The molecule has 5 aliphatic carbocycles. The van der Waals surface area contributed by atoms with Gasteiger partial charge < -0.3 is 169 Å². The Morgan fingerprint density at radius 1 is 0.443 bits per heavy atom. The van der Waals surface area contributed by atoms with Gasteiger partial charge in [0, 0.05) is 5.92 Å². The number of fused-ring (bicyclic) bond motifs is 7. The lowest BCUT2D eigenvalue weighted by atomic mass is 9.33. The fourth-order valence-corrected chi connectivity index (χ4v) is 20.9. The molecule has 0 unspecified atom stereocenters. The van der Waals surface area contributed by atoms with Gasteiger partial charge in [-0.05, 0) is 129 Å². The van der Waals surface area contributed by atoms with E-state index >= 15 is 4.79 Å². The summed E-state index contributed by atoms with van der Waals surface area (Å²) in [7, 11) is 0. The molecule has 0 spiro atoms. The van der Waals surface area contributed by atoms with Crippen LogP contribution in [0.3, 0.4) is 0 Å². The Balaban J connectivity index is 0.719. The molecule has 21 N–H and O–H groups in total. The van der Waals surface area contributed by atoms with Gasteiger partial charge in [-0.15, -0.1) is 0 Å². The molecule has 35 heteroatoms. The summed E-state index contributed by atoms with van der Waals surface area (Å²) in [6.07, 6.45) is -52.2. The molecular weight excluding hydrogens is 1410 g/mol. The molecule has 43 atom stereocenters. The molecule has 610 valence electrons. The third kappa shape index (κ3) is 14.5. The standard InChI is InChI=1S/C71H116O35/c1-25-37(74)27(20-30-38(75)42(79)48(85)61(98-30)104-56-45(82)39(76)31(22-72)97-59(56)92)54(58(91)95-25)103-64-51(88)44(81)50(87)63(106-64)101-36-13-14-68(7)34(67(36,5)6)12-15-70(9)35(68)11-10-28-29-21-66(3,4)16-18-71(29,19-17-69(28,70)8)65(93)105-55-41(78)32(23-73)99-60(52(55)89)94-24-33-40(77)43(80)49(86)62(100-33)102-53-26(2)96-57(90)47(84)46(53)83/h10,25-27,29-64,72-92H,11-24H2,1-9H3/t25-,26-,27-,29+,30-,31+,32+,33+,34-,35-,36-,37-,38-,39-,40-,41-,42+,43+,44+,45+,46-,47+,48+,49+,50-,51-,52+,53-,54-,55-,56-,57+,58+,59-,60+,61-,62+,63+,64-,68-,69+,70+,71-/m0/s1. The first-order chi connectivity index (χ1) is 49.6. The average Bonchev–Trinajstić information content (AvgIpc) is 0.674. The van der Waals surface area contributed by atoms with E-state index in [0.717, 1.165) is 18.4 Å². The molecule has 4 saturated carbocycles. The largest absolute Gasteiger partial charge is 0.456 e. The van der Waals surface area contributed by atoms with Crippen LogP contribution in [0.4, 0.5) is 0 Å². The van der Waals surface area contributed by atoms with Gasteiger partial charge in [0.2, 0.25) is 0 Å². The zero-order chi connectivity index (χ0) is 77.5. The number of aliphatic hydroxyl groups excluding tert-OH is 21. The number of aliphatic hydroxyl groups is 21. The summed E-state index contributed by atoms with van der Waals surface area (Å²) in [4.78, 5) is 15.5. The van der Waals surface area contributed by atoms with Crippen molar-refractivity contribution in [3.05, 3.63) is 11.6 Å². The van der Waals surface area contributed by atoms with Gasteiger partial charge in [-0.25, -0.2) is 0 Å². The fraction of sp³-hybridized carbons (Fsp3) is 0.958. The van der Waals surface area contributed by atoms with Crippen LogP contribution in [-0.4, -0.2) is 348 Å². The minimum Gasteiger partial charge on any atom is -0.456 e. The molecule has 12 aliphatic rings. The molecule has 0 aromatic rings. The van der Waals surface area contributed by atoms with Crippen LogP contribution < -0.4 is 0 Å². The van der Waals surface area contributed by atoms with Crippen molar-refractivity contribution >= 4 is 5.97 Å². The van der Waals surface area contributed by atoms with E-state index in [9.17, 15) is 107 Å². The second-order valence-electron chi connectivity index (χ2n) is 34.5. The van der Waals surface area contributed by atoms with E-state index in [-0.39, 0.29) is 34.0 Å². The van der Waals surface area contributed by atoms with Gasteiger partial charge in [0.25, 0.3) is 0 Å². The van der Waals surface area contributed by atoms with Crippen LogP contribution in [0.2, 0.25) is 0 Å². The maximum atomic E-state index is 15.5. The predicted octanol–water partition coefficient (Wildman–Crippen LogP) is -5.93. The monoisotopic (exact) mass is 1530 g/mol. The topological polar surface area (TPSA) is 562 Å². The molecule has 35 nitrogen and oxygen atoms in total. The summed E-state index contributed by atoms with van der Waals surface area (Å²) in [5.74, 6) is -2.24. The van der Waals surface area contributed by atoms with Gasteiger partial charge in [0.15, 0.2) is 56.4 Å². The van der Waals surface area contributed by atoms with Crippen LogP contribution in [0.5, 0.6) is 0 Å². The minimum absolute atomic E-state index is 0.00580. The summed E-state index contributed by atoms with van der Waals surface area (Å²) < 4.78 is 76.5. The predicted molar refractivity (Wildman–Crippen MR) is 351 cm³/mol. The van der Waals surface area contributed by atoms with E-state index in [2.05, 4.69) is 54.5 Å². The highest BCUT2D eigenvalue weighted by Crippen LogP contribution is 2.76. The number of carbonyl (C=O) groups is 1. The van der Waals surface area contributed by atoms with Gasteiger partial charge in [-0.3, -0.25) is 4.79 Å². The number of allylic oxidation sites excluding steroid dienone is 2. The maximum absolute atomic E-state index is 15.5. The third-order valence-electron chi connectivity index (χ3n) is 27.6. The van der Waals surface area contributed by atoms with Gasteiger partial charge in [-0.2, -0.15) is 0 Å². The zero-order valence-corrected chi connectivity index (χ0v) is 61.1. The molecule has 0 aromatic heterocycles. The van der Waals surface area contributed by atoms with Gasteiger partial charge in [0.05, 0.1) is 55.8 Å². The maximum Gasteiger partial charge on any atom is 0.313 e. The molecule has 11 fully saturated rings. The summed E-state index contributed by atoms with van der Waals surface area (Å²) in [5, 5.41) is 231. The number of esters is 1. The number of hydrogen-bond acceptors (Lipinski definition) is 35. The molecule has 0 radical (unpaired) electrons. The minimum atomic E-state index is -2.03. The van der Waals surface area contributed by atoms with Crippen LogP contribution in [0.1, 0.15) is 133 Å². The van der Waals surface area contributed by atoms with E-state index in [0.29, 0.717) is 51.4 Å². The highest BCUT2D eigenvalue weighted by molar-refractivity contribution is 5.79. The van der Waals surface area contributed by atoms with E-state index < -0.39 is 270 Å². The van der Waals surface area contributed by atoms with Crippen molar-refractivity contribution in [2.24, 2.45) is 56.2 Å². The first kappa shape index (κ1) is 83.3. The Morgan fingerprint density at radius 2 is 0.962 bits per heavy atom. The van der Waals surface area contributed by atoms with E-state index in [1.54, 1.807) is 0 Å². The molecule has 7 aliphatic heterocycles. The summed E-state index contributed by atoms with van der Waals surface area (Å²) in [6.45, 7) is 16.1. The van der Waals surface area contributed by atoms with Crippen molar-refractivity contribution in [3.63, 3.8) is 0 Å². The lowest BCUT2D eigenvalue weighted by Crippen LogP contribution is -2.66. The van der Waals surface area contributed by atoms with E-state index in [1.807, 2.05) is 0 Å². The number of hydrogen-bond donors (Lipinski definition) is 21. The Labute approximate surface area is 613 Å². The highest BCUT2D eigenvalue weighted by atomic mass is 16.8. The first-order valence-corrected chi connectivity index (χ1v) is 37.5. The highest BCUT2D eigenvalue weighted by Gasteiger charge is 2.71. The summed E-state index contributed by atoms with van der Waals surface area (Å²) >= 11 is 0. The smallest absolute Gasteiger partial charge is 0.313 e. The SMILES string of the molecule is C[C@@H]1O[C@@H](O)[C@@H](O[C@H]2O[C@@H](O[C@H]3CC[C@@]4(C)[C@@H](CC[C@]5(C)[C@H]4CC=C4[C@H]6CC(C)(C)CC[C@]6(C(=O)O[C@H]6[C@@H](O)[C@@H](CO)O[C@@H](OC[C@H]7O[C@H](O[C@@H]8[C@@H](O)[C@@H](O)[C@H](O)O[C@H]8C)[C@H](O)[C@H](O)[C@H]7O)[C@@H]6O)CC[C@]45C)C3(C)C)[C@@H](O)[C@@H](O)[C@@H]2O)[C@@H](C[C@@H]2O[C@@H](O[C@H]3[C@H](O)[C@@H](O)[C@@H](CO)O[C@@H]3O)[C@H](O)[C@H](O)[C@H]2O)[C@H]1O. The molecule has 0 bridgehead atoms. The van der Waals surface area contributed by atoms with Crippen molar-refractivity contribution in [3.8, 4) is 0 Å². The zero-order valence-electron chi connectivity index (χ0n) is 61.1. The molecule has 7 heterocycles. The van der Waals surface area contributed by atoms with Crippen molar-refractivity contribution < 1.29 is 174 Å². The lowest BCUT2D eigenvalue weighted by Gasteiger charge is -2.71. The molecule has 106 heavy (non-hydrogen) atoms. The second-order valence-corrected chi connectivity index (χ2v) is 34.5. The number of rotatable bonds is 17. The quantitative estimate of drug-likeness (QED) is 0.0366. The van der Waals surface area contributed by atoms with Crippen LogP contribution in [-0.2, 0) is 66.4 Å². The van der Waals surface area contributed by atoms with Crippen LogP contribution in [0, 0.1) is 56.2 Å². The van der Waals surface area contributed by atoms with Crippen molar-refractivity contribution in [2.75, 3.05) is 19.8 Å². The molecule has 0 aromatic carbocycles. The van der Waals surface area contributed by atoms with E-state index in [4.69, 9.17) is 61.6 Å². The Kier molecular flexibility index (Phi) is 24.6. The van der Waals surface area contributed by atoms with E-state index in [1.165, 1.54) is 13.8 Å². The molecular formula is C71H116O35. The van der Waals surface area contributed by atoms with Crippen molar-refractivity contribution in [1.82, 2.24) is 0 Å². The van der Waals surface area contributed by atoms with Crippen LogP contribution in [0.25, 0.3) is 0 Å². The van der Waals surface area contributed by atoms with Gasteiger partial charge in [0.1, 0.15) is 128 Å². The average molecular weight is 1530 g/mol. The second kappa shape index (κ2) is 31.2. The third-order valence-corrected chi connectivity index (χ3v) is 27.6. The number of carbonyl (C=O) groups excluding carboxylic acids is 1. The Hall–Kier alpha value is -2.11. The lowest BCUT2D eigenvalue weighted by molar-refractivity contribution is -0.395. The van der Waals surface area contributed by atoms with Gasteiger partial charge in [-0.1, -0.05) is 60.1 Å². The fourth-order valence-electron chi connectivity index (χ4n) is 20.9. The van der Waals surface area contributed by atoms with Crippen molar-refractivity contribution in [1.29, 1.82) is 0 Å². The molecule has 0 amide bonds. The normalized spacial score (nSPS) is 55.3. The van der Waals surface area contributed by atoms with Crippen LogP contribution in [0.15, 0.2) is 11.6 Å². The summed E-state index contributed by atoms with van der Waals surface area (Å²) in [6, 6.07) is 0. The van der Waals surface area contributed by atoms with Gasteiger partial charge >= 0.3 is 5.97 Å². The summed E-state index contributed by atoms with van der Waals surface area (Å²) in [5.41, 5.74) is -1.98. The molecule has 12 rings (SSSR count). The first-order valence-electron chi connectivity index (χ1n) is 37.5. The number of ether oxygens (including phenoxy) is 13. The van der Waals surface area contributed by atoms with Crippen molar-refractivity contribution in [2.45, 2.75) is 348 Å².